The third-order valence-electron chi connectivity index (χ3n) is 6.52. The first-order valence-corrected chi connectivity index (χ1v) is 12.1. The van der Waals surface area contributed by atoms with Crippen LogP contribution in [0.5, 0.6) is 0 Å². The highest BCUT2D eigenvalue weighted by atomic mass is 16.5. The molecule has 1 amide bonds. The van der Waals surface area contributed by atoms with Crippen molar-refractivity contribution in [3.63, 3.8) is 0 Å². The minimum atomic E-state index is -0.744. The Kier molecular flexibility index (Phi) is 8.34. The molecule has 3 atom stereocenters. The largest absolute Gasteiger partial charge is 0.450 e. The molecule has 0 aliphatic carbocycles. The van der Waals surface area contributed by atoms with E-state index in [-0.39, 0.29) is 0 Å². The van der Waals surface area contributed by atoms with Crippen LogP contribution in [0.2, 0.25) is 0 Å². The van der Waals surface area contributed by atoms with E-state index in [2.05, 4.69) is 58.7 Å². The molecule has 1 aliphatic heterocycles. The van der Waals surface area contributed by atoms with Crippen LogP contribution >= 0.6 is 0 Å². The molecule has 1 aliphatic rings. The van der Waals surface area contributed by atoms with Crippen LogP contribution in [0.3, 0.4) is 0 Å². The van der Waals surface area contributed by atoms with E-state index in [9.17, 15) is 9.90 Å². The molecule has 5 nitrogen and oxygen atoms in total. The quantitative estimate of drug-likeness (QED) is 0.520. The smallest absolute Gasteiger partial charge is 0.407 e. The predicted molar refractivity (Wildman–Crippen MR) is 135 cm³/mol. The minimum Gasteiger partial charge on any atom is -0.450 e. The molecule has 0 aromatic heterocycles. The summed E-state index contributed by atoms with van der Waals surface area (Å²) in [5, 5.41) is 14.2. The zero-order valence-electron chi connectivity index (χ0n) is 19.8. The molecule has 5 heteroatoms. The van der Waals surface area contributed by atoms with Crippen molar-refractivity contribution < 1.29 is 14.6 Å². The number of alkyl carbamates (subject to hydrolysis) is 1. The van der Waals surface area contributed by atoms with Gasteiger partial charge in [0.15, 0.2) is 0 Å². The molecule has 3 aromatic rings. The monoisotopic (exact) mass is 458 g/mol. The van der Waals surface area contributed by atoms with E-state index in [4.69, 9.17) is 4.74 Å². The van der Waals surface area contributed by atoms with Gasteiger partial charge in [0, 0.05) is 25.6 Å². The van der Waals surface area contributed by atoms with Crippen LogP contribution in [0.4, 0.5) is 4.79 Å². The van der Waals surface area contributed by atoms with E-state index < -0.39 is 18.2 Å². The van der Waals surface area contributed by atoms with Crippen LogP contribution in [0.15, 0.2) is 84.9 Å². The summed E-state index contributed by atoms with van der Waals surface area (Å²) in [4.78, 5) is 14.6. The third kappa shape index (κ3) is 6.46. The predicted octanol–water partition coefficient (Wildman–Crippen LogP) is 4.55. The number of aliphatic hydroxyl groups is 1. The Hall–Kier alpha value is -3.15. The Morgan fingerprint density at radius 2 is 1.65 bits per heavy atom. The number of β-amino-alcohol motifs (C(OH)–C–C–N with tert-alkyl or cyclic N) is 1. The third-order valence-corrected chi connectivity index (χ3v) is 6.52. The molecule has 2 N–H and O–H groups in total. The van der Waals surface area contributed by atoms with Crippen molar-refractivity contribution >= 4 is 6.09 Å². The van der Waals surface area contributed by atoms with Crippen LogP contribution in [-0.4, -0.2) is 47.9 Å². The van der Waals surface area contributed by atoms with Crippen LogP contribution in [-0.2, 0) is 24.1 Å². The van der Waals surface area contributed by atoms with Gasteiger partial charge in [-0.15, -0.1) is 0 Å². The molecule has 0 saturated carbocycles. The Morgan fingerprint density at radius 1 is 1.00 bits per heavy atom. The average molecular weight is 459 g/mol. The molecular weight excluding hydrogens is 424 g/mol. The van der Waals surface area contributed by atoms with Gasteiger partial charge in [-0.1, -0.05) is 84.9 Å². The number of carbonyl (C=O) groups excluding carboxylic acids is 1. The average Bonchev–Trinajstić information content (AvgIpc) is 3.04. The van der Waals surface area contributed by atoms with Gasteiger partial charge in [0.25, 0.3) is 0 Å². The van der Waals surface area contributed by atoms with Gasteiger partial charge in [-0.05, 0) is 42.0 Å². The maximum atomic E-state index is 12.2. The van der Waals surface area contributed by atoms with Gasteiger partial charge in [0.1, 0.15) is 0 Å². The van der Waals surface area contributed by atoms with E-state index in [0.29, 0.717) is 25.5 Å². The number of amides is 1. The van der Waals surface area contributed by atoms with Gasteiger partial charge in [0.2, 0.25) is 0 Å². The molecule has 34 heavy (non-hydrogen) atoms. The van der Waals surface area contributed by atoms with Crippen molar-refractivity contribution in [3.8, 4) is 0 Å². The second-order valence-electron chi connectivity index (χ2n) is 9.00. The summed E-state index contributed by atoms with van der Waals surface area (Å²) in [6.45, 7) is 4.14. The molecule has 0 unspecified atom stereocenters. The Morgan fingerprint density at radius 3 is 2.35 bits per heavy atom. The topological polar surface area (TPSA) is 61.8 Å². The number of carbonyl (C=O) groups is 1. The highest BCUT2D eigenvalue weighted by molar-refractivity contribution is 5.67. The fourth-order valence-electron chi connectivity index (χ4n) is 4.81. The molecule has 0 saturated heterocycles. The normalized spacial score (nSPS) is 17.8. The first-order chi connectivity index (χ1) is 16.6. The van der Waals surface area contributed by atoms with Crippen molar-refractivity contribution in [2.75, 3.05) is 19.7 Å². The van der Waals surface area contributed by atoms with E-state index in [1.807, 2.05) is 36.4 Å². The molecule has 178 valence electrons. The lowest BCUT2D eigenvalue weighted by atomic mass is 9.91. The number of ether oxygens (including phenoxy) is 1. The molecule has 0 fully saturated rings. The van der Waals surface area contributed by atoms with E-state index in [0.717, 1.165) is 25.1 Å². The number of rotatable bonds is 8. The minimum absolute atomic E-state index is 0.293. The van der Waals surface area contributed by atoms with Gasteiger partial charge < -0.3 is 15.2 Å². The van der Waals surface area contributed by atoms with Crippen molar-refractivity contribution in [1.29, 1.82) is 0 Å². The van der Waals surface area contributed by atoms with Crippen LogP contribution < -0.4 is 5.32 Å². The van der Waals surface area contributed by atoms with Gasteiger partial charge >= 0.3 is 6.09 Å². The molecule has 1 heterocycles. The molecule has 0 radical (unpaired) electrons. The van der Waals surface area contributed by atoms with Crippen molar-refractivity contribution in [2.24, 2.45) is 0 Å². The Bertz CT molecular complexity index is 1040. The standard InChI is InChI=1S/C29H34N2O3/c1-2-34-29(33)30-27(17-22-11-5-3-6-12-22)28(32)21-31-19-25-16-10-9-15-24(25)18-26(20-31)23-13-7-4-8-14-23/h3-16,26-28,32H,2,17-21H2,1H3,(H,30,33)/t26-,27+,28-/m1/s1. The fourth-order valence-corrected chi connectivity index (χ4v) is 4.81. The van der Waals surface area contributed by atoms with Gasteiger partial charge in [-0.3, -0.25) is 4.90 Å². The number of fused-ring (bicyclic) bond motifs is 1. The van der Waals surface area contributed by atoms with Crippen LogP contribution in [0.1, 0.15) is 35.1 Å². The summed E-state index contributed by atoms with van der Waals surface area (Å²) in [5.41, 5.74) is 5.03. The highest BCUT2D eigenvalue weighted by Gasteiger charge is 2.28. The lowest BCUT2D eigenvalue weighted by Gasteiger charge is -2.31. The summed E-state index contributed by atoms with van der Waals surface area (Å²) in [6.07, 6.45) is 0.270. The summed E-state index contributed by atoms with van der Waals surface area (Å²) < 4.78 is 5.12. The summed E-state index contributed by atoms with van der Waals surface area (Å²) in [5.74, 6) is 0.336. The van der Waals surface area contributed by atoms with Gasteiger partial charge in [0.05, 0.1) is 18.8 Å². The maximum absolute atomic E-state index is 12.2. The van der Waals surface area contributed by atoms with Gasteiger partial charge in [-0.25, -0.2) is 4.79 Å². The molecule has 0 bridgehead atoms. The maximum Gasteiger partial charge on any atom is 0.407 e. The lowest BCUT2D eigenvalue weighted by Crippen LogP contribution is -2.50. The Balaban J connectivity index is 1.53. The van der Waals surface area contributed by atoms with E-state index in [1.54, 1.807) is 6.92 Å². The number of hydrogen-bond donors (Lipinski definition) is 2. The molecular formula is C29H34N2O3. The molecule has 3 aromatic carbocycles. The fraction of sp³-hybridized carbons (Fsp3) is 0.345. The number of nitrogens with one attached hydrogen (secondary N) is 1. The number of hydrogen-bond acceptors (Lipinski definition) is 4. The second kappa shape index (κ2) is 11.8. The lowest BCUT2D eigenvalue weighted by molar-refractivity contribution is 0.0691. The van der Waals surface area contributed by atoms with Crippen molar-refractivity contribution in [1.82, 2.24) is 10.2 Å². The zero-order valence-corrected chi connectivity index (χ0v) is 19.8. The zero-order chi connectivity index (χ0) is 23.8. The summed E-state index contributed by atoms with van der Waals surface area (Å²) >= 11 is 0. The SMILES string of the molecule is CCOC(=O)N[C@@H](Cc1ccccc1)[C@H](O)CN1Cc2ccccc2C[C@@H](c2ccccc2)C1. The van der Waals surface area contributed by atoms with E-state index in [1.165, 1.54) is 16.7 Å². The Labute approximate surface area is 202 Å². The first kappa shape index (κ1) is 24.0. The second-order valence-corrected chi connectivity index (χ2v) is 9.00. The molecule has 4 rings (SSSR count). The first-order valence-electron chi connectivity index (χ1n) is 12.1. The van der Waals surface area contributed by atoms with Crippen LogP contribution in [0.25, 0.3) is 0 Å². The van der Waals surface area contributed by atoms with Crippen molar-refractivity contribution in [2.45, 2.75) is 44.4 Å². The van der Waals surface area contributed by atoms with Crippen LogP contribution in [0, 0.1) is 0 Å². The number of aliphatic hydroxyl groups excluding tert-OH is 1. The highest BCUT2D eigenvalue weighted by Crippen LogP contribution is 2.29. The number of nitrogens with zero attached hydrogens (tertiary/aromatic N) is 1. The summed E-state index contributed by atoms with van der Waals surface area (Å²) in [7, 11) is 0. The summed E-state index contributed by atoms with van der Waals surface area (Å²) in [6, 6.07) is 28.7. The van der Waals surface area contributed by atoms with Crippen molar-refractivity contribution in [3.05, 3.63) is 107 Å². The molecule has 0 spiro atoms. The van der Waals surface area contributed by atoms with E-state index >= 15 is 0 Å². The number of benzene rings is 3. The van der Waals surface area contributed by atoms with Gasteiger partial charge in [-0.2, -0.15) is 0 Å².